The molecule has 0 spiro atoms. The summed E-state index contributed by atoms with van der Waals surface area (Å²) >= 11 is 0. The zero-order valence-electron chi connectivity index (χ0n) is 19.4. The van der Waals surface area contributed by atoms with Gasteiger partial charge in [-0.2, -0.15) is 4.98 Å². The van der Waals surface area contributed by atoms with Crippen molar-refractivity contribution in [3.63, 3.8) is 0 Å². The number of nitrogens with two attached hydrogens (primary N) is 1. The fourth-order valence-corrected chi connectivity index (χ4v) is 6.44. The molecule has 4 aliphatic rings. The number of aryl methyl sites for hydroxylation is 1. The number of hydrogen-bond acceptors (Lipinski definition) is 7. The van der Waals surface area contributed by atoms with Gasteiger partial charge in [0.1, 0.15) is 0 Å². The number of likely N-dealkylation sites (N-methyl/N-ethyl adjacent to an activating group) is 1. The van der Waals surface area contributed by atoms with Crippen molar-refractivity contribution in [1.82, 2.24) is 14.9 Å². The number of halogens is 1. The number of allylic oxidation sites excluding steroid dienone is 1. The standard InChI is InChI=1S/C25H30FN7O/c1-13-7-16(5-6-20(13)33-12-17-9-18(33)11-32(17)2)29-25-28-10-19(26)24(31-25)30-22-15-4-3-14(8-15)21(22)23(27)34/h3-7,10,14-15,17-18,21-22H,8-9,11-12H2,1-2H3,(H2,27,34)(H2,28,29,30,31)/t14?,15?,17?,18-,21?,22-/m0/s1. The monoisotopic (exact) mass is 463 g/mol. The van der Waals surface area contributed by atoms with Crippen LogP contribution in [0.4, 0.5) is 27.5 Å². The van der Waals surface area contributed by atoms with Crippen molar-refractivity contribution in [2.75, 3.05) is 35.7 Å². The number of nitrogens with one attached hydrogen (secondary N) is 2. The maximum absolute atomic E-state index is 14.6. The van der Waals surface area contributed by atoms with Crippen LogP contribution in [0, 0.1) is 30.5 Å². The number of likely N-dealkylation sites (tertiary alicyclic amines) is 1. The third-order valence-corrected chi connectivity index (χ3v) is 8.11. The van der Waals surface area contributed by atoms with Gasteiger partial charge in [0, 0.05) is 42.6 Å². The second-order valence-electron chi connectivity index (χ2n) is 10.2. The molecule has 1 aromatic carbocycles. The molecule has 2 aromatic rings. The minimum atomic E-state index is -0.555. The lowest BCUT2D eigenvalue weighted by Gasteiger charge is -2.34. The number of fused-ring (bicyclic) bond motifs is 4. The summed E-state index contributed by atoms with van der Waals surface area (Å²) in [7, 11) is 2.20. The number of piperazine rings is 1. The van der Waals surface area contributed by atoms with Crippen LogP contribution in [0.2, 0.25) is 0 Å². The van der Waals surface area contributed by atoms with Gasteiger partial charge < -0.3 is 21.3 Å². The SMILES string of the molecule is Cc1cc(Nc2ncc(F)c(N[C@H]3C4C=CC(C4)C3C(N)=O)n2)ccc1N1CC2C[C@H]1CN2C. The Morgan fingerprint density at radius 3 is 2.71 bits per heavy atom. The summed E-state index contributed by atoms with van der Waals surface area (Å²) in [6.45, 7) is 4.29. The maximum Gasteiger partial charge on any atom is 0.229 e. The predicted octanol–water partition coefficient (Wildman–Crippen LogP) is 2.65. The molecule has 34 heavy (non-hydrogen) atoms. The minimum Gasteiger partial charge on any atom is -0.369 e. The molecule has 0 radical (unpaired) electrons. The largest absolute Gasteiger partial charge is 0.369 e. The lowest BCUT2D eigenvalue weighted by atomic mass is 9.88. The molecule has 3 fully saturated rings. The number of primary amides is 1. The highest BCUT2D eigenvalue weighted by atomic mass is 19.1. The molecule has 2 saturated heterocycles. The van der Waals surface area contributed by atoms with Gasteiger partial charge in [-0.1, -0.05) is 12.2 Å². The molecule has 2 aliphatic heterocycles. The number of nitrogens with zero attached hydrogens (tertiary/aromatic N) is 4. The van der Waals surface area contributed by atoms with E-state index in [2.05, 4.69) is 62.6 Å². The molecule has 2 aliphatic carbocycles. The van der Waals surface area contributed by atoms with Crippen molar-refractivity contribution in [1.29, 1.82) is 0 Å². The van der Waals surface area contributed by atoms with Crippen molar-refractivity contribution >= 4 is 29.0 Å². The van der Waals surface area contributed by atoms with E-state index in [0.29, 0.717) is 18.0 Å². The van der Waals surface area contributed by atoms with Crippen molar-refractivity contribution in [3.05, 3.63) is 47.9 Å². The highest BCUT2D eigenvalue weighted by Crippen LogP contribution is 2.45. The number of aromatic nitrogens is 2. The van der Waals surface area contributed by atoms with Gasteiger partial charge in [0.2, 0.25) is 11.9 Å². The van der Waals surface area contributed by atoms with Gasteiger partial charge in [0.05, 0.1) is 12.1 Å². The molecule has 9 heteroatoms. The fourth-order valence-electron chi connectivity index (χ4n) is 6.44. The molecule has 4 bridgehead atoms. The third-order valence-electron chi connectivity index (χ3n) is 8.11. The quantitative estimate of drug-likeness (QED) is 0.567. The van der Waals surface area contributed by atoms with Gasteiger partial charge in [-0.25, -0.2) is 9.37 Å². The van der Waals surface area contributed by atoms with E-state index in [1.807, 2.05) is 12.1 Å². The van der Waals surface area contributed by atoms with Crippen LogP contribution in [0.1, 0.15) is 18.4 Å². The van der Waals surface area contributed by atoms with Crippen LogP contribution in [0.3, 0.4) is 0 Å². The van der Waals surface area contributed by atoms with Gasteiger partial charge in [0.15, 0.2) is 11.6 Å². The van der Waals surface area contributed by atoms with Crippen LogP contribution in [-0.2, 0) is 4.79 Å². The second kappa shape index (κ2) is 7.94. The fraction of sp³-hybridized carbons (Fsp3) is 0.480. The number of benzene rings is 1. The van der Waals surface area contributed by atoms with Crippen LogP contribution < -0.4 is 21.3 Å². The van der Waals surface area contributed by atoms with Crippen LogP contribution in [0.15, 0.2) is 36.5 Å². The van der Waals surface area contributed by atoms with E-state index >= 15 is 0 Å². The van der Waals surface area contributed by atoms with Crippen LogP contribution in [-0.4, -0.2) is 59.0 Å². The Balaban J connectivity index is 1.18. The van der Waals surface area contributed by atoms with Crippen molar-refractivity contribution in [3.8, 4) is 0 Å². The average Bonchev–Trinajstić information content (AvgIpc) is 3.57. The van der Waals surface area contributed by atoms with Gasteiger partial charge in [-0.3, -0.25) is 9.69 Å². The van der Waals surface area contributed by atoms with E-state index in [4.69, 9.17) is 5.73 Å². The average molecular weight is 464 g/mol. The number of anilines is 4. The van der Waals surface area contributed by atoms with E-state index in [1.165, 1.54) is 17.7 Å². The van der Waals surface area contributed by atoms with E-state index in [0.717, 1.165) is 31.4 Å². The molecular weight excluding hydrogens is 433 g/mol. The van der Waals surface area contributed by atoms with Crippen LogP contribution in [0.5, 0.6) is 0 Å². The van der Waals surface area contributed by atoms with Crippen molar-refractivity contribution in [2.45, 2.75) is 37.9 Å². The zero-order valence-corrected chi connectivity index (χ0v) is 19.4. The Hall–Kier alpha value is -3.20. The Morgan fingerprint density at radius 2 is 2.00 bits per heavy atom. The topological polar surface area (TPSA) is 99.4 Å². The molecule has 1 amide bonds. The molecule has 1 aromatic heterocycles. The van der Waals surface area contributed by atoms with Gasteiger partial charge in [-0.15, -0.1) is 0 Å². The number of hydrogen-bond donors (Lipinski definition) is 3. The summed E-state index contributed by atoms with van der Waals surface area (Å²) in [4.78, 5) is 25.5. The second-order valence-corrected chi connectivity index (χ2v) is 10.2. The molecule has 3 heterocycles. The van der Waals surface area contributed by atoms with Crippen LogP contribution >= 0.6 is 0 Å². The molecule has 178 valence electrons. The highest BCUT2D eigenvalue weighted by molar-refractivity contribution is 5.79. The summed E-state index contributed by atoms with van der Waals surface area (Å²) in [5.74, 6) is -0.653. The summed E-state index contributed by atoms with van der Waals surface area (Å²) in [5, 5.41) is 6.35. The number of amides is 1. The Bertz CT molecular complexity index is 1170. The first-order valence-corrected chi connectivity index (χ1v) is 12.0. The molecule has 6 rings (SSSR count). The summed E-state index contributed by atoms with van der Waals surface area (Å²) < 4.78 is 14.6. The maximum atomic E-state index is 14.6. The smallest absolute Gasteiger partial charge is 0.229 e. The first-order valence-electron chi connectivity index (χ1n) is 12.0. The van der Waals surface area contributed by atoms with Gasteiger partial charge in [0.25, 0.3) is 0 Å². The summed E-state index contributed by atoms with van der Waals surface area (Å²) in [6.07, 6.45) is 7.35. The molecule has 4 unspecified atom stereocenters. The predicted molar refractivity (Wildman–Crippen MR) is 129 cm³/mol. The summed E-state index contributed by atoms with van der Waals surface area (Å²) in [6, 6.07) is 7.18. The van der Waals surface area contributed by atoms with Gasteiger partial charge in [-0.05, 0) is 62.4 Å². The van der Waals surface area contributed by atoms with Gasteiger partial charge >= 0.3 is 0 Å². The van der Waals surface area contributed by atoms with E-state index in [-0.39, 0.29) is 35.5 Å². The van der Waals surface area contributed by atoms with E-state index in [9.17, 15) is 9.18 Å². The van der Waals surface area contributed by atoms with E-state index < -0.39 is 5.82 Å². The number of carbonyl (C=O) groups excluding carboxylic acids is 1. The highest BCUT2D eigenvalue weighted by Gasteiger charge is 2.48. The van der Waals surface area contributed by atoms with Crippen molar-refractivity contribution in [2.24, 2.45) is 23.5 Å². The summed E-state index contributed by atoms with van der Waals surface area (Å²) in [5.41, 5.74) is 8.92. The molecule has 1 saturated carbocycles. The lowest BCUT2D eigenvalue weighted by molar-refractivity contribution is -0.122. The number of rotatable bonds is 6. The Morgan fingerprint density at radius 1 is 1.18 bits per heavy atom. The normalized spacial score (nSPS) is 31.4. The Kier molecular flexibility index (Phi) is 4.98. The molecule has 8 nitrogen and oxygen atoms in total. The Labute approximate surface area is 198 Å². The number of carbonyl (C=O) groups is 1. The molecular formula is C25H30FN7O. The van der Waals surface area contributed by atoms with E-state index in [1.54, 1.807) is 0 Å². The first kappa shape index (κ1) is 21.3. The van der Waals surface area contributed by atoms with Crippen LogP contribution in [0.25, 0.3) is 0 Å². The lowest BCUT2D eigenvalue weighted by Crippen LogP contribution is -2.44. The van der Waals surface area contributed by atoms with Crippen molar-refractivity contribution < 1.29 is 9.18 Å². The zero-order chi connectivity index (χ0) is 23.6. The molecule has 6 atom stereocenters. The molecule has 4 N–H and O–H groups in total. The minimum absolute atomic E-state index is 0.0836. The first-order chi connectivity index (χ1) is 16.4. The third kappa shape index (κ3) is 3.50.